The van der Waals surface area contributed by atoms with Gasteiger partial charge in [-0.15, -0.1) is 0 Å². The molecular formula is C65H121NO5. The second kappa shape index (κ2) is 60.4. The minimum absolute atomic E-state index is 0.000901. The van der Waals surface area contributed by atoms with Gasteiger partial charge in [-0.05, 0) is 89.9 Å². The van der Waals surface area contributed by atoms with Crippen molar-refractivity contribution < 1.29 is 24.5 Å². The molecule has 3 N–H and O–H groups in total. The van der Waals surface area contributed by atoms with E-state index in [2.05, 4.69) is 67.8 Å². The van der Waals surface area contributed by atoms with E-state index in [0.717, 1.165) is 70.6 Å². The lowest BCUT2D eigenvalue weighted by Gasteiger charge is -2.22. The molecule has 0 aromatic heterocycles. The van der Waals surface area contributed by atoms with Gasteiger partial charge < -0.3 is 20.3 Å². The molecule has 0 saturated heterocycles. The number of rotatable bonds is 58. The Labute approximate surface area is 442 Å². The summed E-state index contributed by atoms with van der Waals surface area (Å²) in [6.45, 7) is 4.92. The summed E-state index contributed by atoms with van der Waals surface area (Å²) in [5.74, 6) is -0.0459. The molecule has 6 nitrogen and oxygen atoms in total. The summed E-state index contributed by atoms with van der Waals surface area (Å²) >= 11 is 0. The number of esters is 1. The van der Waals surface area contributed by atoms with Gasteiger partial charge in [0.1, 0.15) is 0 Å². The van der Waals surface area contributed by atoms with Crippen LogP contribution in [0.5, 0.6) is 0 Å². The molecule has 2 unspecified atom stereocenters. The molecule has 0 fully saturated rings. The Kier molecular flexibility index (Phi) is 58.5. The number of carbonyl (C=O) groups is 2. The summed E-state index contributed by atoms with van der Waals surface area (Å²) < 4.78 is 5.48. The highest BCUT2D eigenvalue weighted by molar-refractivity contribution is 5.76. The Morgan fingerprint density at radius 1 is 0.394 bits per heavy atom. The van der Waals surface area contributed by atoms with E-state index in [9.17, 15) is 19.8 Å². The number of amides is 1. The van der Waals surface area contributed by atoms with E-state index in [1.165, 1.54) is 225 Å². The molecule has 0 aliphatic rings. The zero-order valence-corrected chi connectivity index (χ0v) is 47.5. The van der Waals surface area contributed by atoms with Gasteiger partial charge in [-0.2, -0.15) is 0 Å². The van der Waals surface area contributed by atoms with Gasteiger partial charge in [0.2, 0.25) is 5.91 Å². The topological polar surface area (TPSA) is 95.9 Å². The smallest absolute Gasteiger partial charge is 0.305 e. The third-order valence-electron chi connectivity index (χ3n) is 14.4. The number of hydrogen-bond acceptors (Lipinski definition) is 5. The summed E-state index contributed by atoms with van der Waals surface area (Å²) in [5.41, 5.74) is 0. The predicted molar refractivity (Wildman–Crippen MR) is 310 cm³/mol. The zero-order chi connectivity index (χ0) is 51.4. The largest absolute Gasteiger partial charge is 0.466 e. The van der Waals surface area contributed by atoms with Gasteiger partial charge in [0.25, 0.3) is 0 Å². The van der Waals surface area contributed by atoms with Gasteiger partial charge in [-0.3, -0.25) is 9.59 Å². The molecule has 0 bridgehead atoms. The van der Waals surface area contributed by atoms with E-state index >= 15 is 0 Å². The first-order chi connectivity index (χ1) is 35.0. The minimum Gasteiger partial charge on any atom is -0.466 e. The number of allylic oxidation sites excluding steroid dienone is 8. The second-order valence-electron chi connectivity index (χ2n) is 21.4. The molecule has 0 aliphatic carbocycles. The Hall–Kier alpha value is -2.18. The van der Waals surface area contributed by atoms with Crippen LogP contribution in [0.2, 0.25) is 0 Å². The van der Waals surface area contributed by atoms with Crippen LogP contribution in [-0.4, -0.2) is 47.4 Å². The van der Waals surface area contributed by atoms with Gasteiger partial charge in [0, 0.05) is 12.8 Å². The molecule has 0 aromatic rings. The van der Waals surface area contributed by atoms with Crippen molar-refractivity contribution in [3.63, 3.8) is 0 Å². The zero-order valence-electron chi connectivity index (χ0n) is 47.5. The second-order valence-corrected chi connectivity index (χ2v) is 21.4. The van der Waals surface area contributed by atoms with Crippen LogP contribution in [0.1, 0.15) is 328 Å². The molecule has 416 valence electrons. The molecular weight excluding hydrogens is 875 g/mol. The number of hydrogen-bond donors (Lipinski definition) is 3. The molecule has 6 heteroatoms. The maximum Gasteiger partial charge on any atom is 0.305 e. The number of ether oxygens (including phenoxy) is 1. The van der Waals surface area contributed by atoms with Crippen LogP contribution in [-0.2, 0) is 14.3 Å². The van der Waals surface area contributed by atoms with Gasteiger partial charge in [-0.1, -0.05) is 274 Å². The number of aliphatic hydroxyl groups excluding tert-OH is 2. The van der Waals surface area contributed by atoms with Crippen LogP contribution >= 0.6 is 0 Å². The van der Waals surface area contributed by atoms with Crippen LogP contribution in [0, 0.1) is 0 Å². The lowest BCUT2D eigenvalue weighted by atomic mass is 10.0. The van der Waals surface area contributed by atoms with Crippen LogP contribution in [0.4, 0.5) is 0 Å². The number of unbranched alkanes of at least 4 members (excludes halogenated alkanes) is 39. The molecule has 0 radical (unpaired) electrons. The van der Waals surface area contributed by atoms with Crippen molar-refractivity contribution >= 4 is 11.9 Å². The summed E-state index contributed by atoms with van der Waals surface area (Å²) in [6.07, 6.45) is 76.9. The van der Waals surface area contributed by atoms with E-state index in [4.69, 9.17) is 4.74 Å². The maximum absolute atomic E-state index is 12.5. The molecule has 1 amide bonds. The molecule has 71 heavy (non-hydrogen) atoms. The first-order valence-corrected chi connectivity index (χ1v) is 31.4. The van der Waals surface area contributed by atoms with Gasteiger partial charge in [0.05, 0.1) is 25.4 Å². The number of aliphatic hydroxyl groups is 2. The highest BCUT2D eigenvalue weighted by Crippen LogP contribution is 2.17. The van der Waals surface area contributed by atoms with Crippen LogP contribution in [0.25, 0.3) is 0 Å². The fourth-order valence-electron chi connectivity index (χ4n) is 9.52. The Bertz CT molecular complexity index is 1190. The lowest BCUT2D eigenvalue weighted by molar-refractivity contribution is -0.143. The summed E-state index contributed by atoms with van der Waals surface area (Å²) in [5, 5.41) is 23.3. The standard InChI is InChI=1S/C65H121NO5/c1-3-5-7-9-11-13-15-17-19-27-31-35-39-43-47-51-55-59-65(70)71-60-56-52-48-44-40-36-32-29-26-24-22-20-21-23-25-28-30-34-38-42-46-50-54-58-64(69)66-62(61-67)63(68)57-53-49-45-41-37-33-18-16-14-12-10-8-6-4-2/h11,13,17,19-20,22-23,25,62-63,67-68H,3-10,12,14-16,18,21,24,26-61H2,1-2H3,(H,66,69)/b13-11-,19-17-,22-20-,25-23-. The third kappa shape index (κ3) is 57.0. The molecule has 0 aromatic carbocycles. The molecule has 0 heterocycles. The first-order valence-electron chi connectivity index (χ1n) is 31.4. The normalized spacial score (nSPS) is 12.9. The molecule has 0 aliphatic heterocycles. The number of carbonyl (C=O) groups excluding carboxylic acids is 2. The minimum atomic E-state index is -0.671. The van der Waals surface area contributed by atoms with Crippen molar-refractivity contribution in [3.05, 3.63) is 48.6 Å². The van der Waals surface area contributed by atoms with Crippen LogP contribution in [0.15, 0.2) is 48.6 Å². The summed E-state index contributed by atoms with van der Waals surface area (Å²) in [7, 11) is 0. The van der Waals surface area contributed by atoms with Gasteiger partial charge in [-0.25, -0.2) is 0 Å². The molecule has 0 rings (SSSR count). The van der Waals surface area contributed by atoms with Crippen molar-refractivity contribution in [2.75, 3.05) is 13.2 Å². The molecule has 2 atom stereocenters. The Balaban J connectivity index is 3.44. The predicted octanol–water partition coefficient (Wildman–Crippen LogP) is 19.7. The monoisotopic (exact) mass is 996 g/mol. The van der Waals surface area contributed by atoms with Crippen molar-refractivity contribution in [2.45, 2.75) is 341 Å². The van der Waals surface area contributed by atoms with Crippen molar-refractivity contribution in [2.24, 2.45) is 0 Å². The van der Waals surface area contributed by atoms with Crippen molar-refractivity contribution in [3.8, 4) is 0 Å². The SMILES string of the molecule is CCCCC/C=C\C/C=C\CCCCCCCCCC(=O)OCCCCCCCCCCC/C=C\C/C=C\CCCCCCCCCC(=O)NC(CO)C(O)CCCCCCCCCCCCCCCC. The van der Waals surface area contributed by atoms with E-state index in [1.807, 2.05) is 0 Å². The van der Waals surface area contributed by atoms with Crippen LogP contribution < -0.4 is 5.32 Å². The third-order valence-corrected chi connectivity index (χ3v) is 14.4. The van der Waals surface area contributed by atoms with E-state index in [-0.39, 0.29) is 18.5 Å². The lowest BCUT2D eigenvalue weighted by Crippen LogP contribution is -2.45. The van der Waals surface area contributed by atoms with Gasteiger partial charge >= 0.3 is 5.97 Å². The fraction of sp³-hybridized carbons (Fsp3) is 0.846. The summed E-state index contributed by atoms with van der Waals surface area (Å²) in [4.78, 5) is 24.5. The van der Waals surface area contributed by atoms with E-state index in [0.29, 0.717) is 25.9 Å². The van der Waals surface area contributed by atoms with E-state index in [1.54, 1.807) is 0 Å². The van der Waals surface area contributed by atoms with E-state index < -0.39 is 12.1 Å². The quantitative estimate of drug-likeness (QED) is 0.0321. The van der Waals surface area contributed by atoms with Crippen LogP contribution in [0.3, 0.4) is 0 Å². The Morgan fingerprint density at radius 3 is 1.10 bits per heavy atom. The highest BCUT2D eigenvalue weighted by Gasteiger charge is 2.20. The molecule has 0 spiro atoms. The summed E-state index contributed by atoms with van der Waals surface area (Å²) in [6, 6.07) is -0.550. The van der Waals surface area contributed by atoms with Gasteiger partial charge in [0.15, 0.2) is 0 Å². The average molecular weight is 997 g/mol. The molecule has 0 saturated carbocycles. The highest BCUT2D eigenvalue weighted by atomic mass is 16.5. The number of nitrogens with one attached hydrogen (secondary N) is 1. The fourth-order valence-corrected chi connectivity index (χ4v) is 9.52. The Morgan fingerprint density at radius 2 is 0.704 bits per heavy atom. The maximum atomic E-state index is 12.5. The first kappa shape index (κ1) is 68.8. The van der Waals surface area contributed by atoms with Crippen molar-refractivity contribution in [1.29, 1.82) is 0 Å². The average Bonchev–Trinajstić information content (AvgIpc) is 3.37. The van der Waals surface area contributed by atoms with Crippen molar-refractivity contribution in [1.82, 2.24) is 5.32 Å².